The molecule has 0 saturated carbocycles. The lowest BCUT2D eigenvalue weighted by Gasteiger charge is -2.13. The first-order chi connectivity index (χ1) is 7.54. The van der Waals surface area contributed by atoms with Crippen LogP contribution < -0.4 is 10.1 Å². The quantitative estimate of drug-likeness (QED) is 0.603. The zero-order valence-electron chi connectivity index (χ0n) is 9.56. The summed E-state index contributed by atoms with van der Waals surface area (Å²) in [5, 5.41) is 13.5. The lowest BCUT2D eigenvalue weighted by molar-refractivity contribution is -0.385. The average Bonchev–Trinajstić information content (AvgIpc) is 2.17. The molecule has 88 valence electrons. The highest BCUT2D eigenvalue weighted by molar-refractivity contribution is 5.39. The molecule has 0 aliphatic rings. The maximum atomic E-state index is 10.6. The second kappa shape index (κ2) is 5.41. The van der Waals surface area contributed by atoms with Crippen molar-refractivity contribution in [1.82, 2.24) is 10.3 Å². The molecule has 0 aromatic carbocycles. The van der Waals surface area contributed by atoms with Crippen LogP contribution >= 0.6 is 0 Å². The van der Waals surface area contributed by atoms with Gasteiger partial charge in [0.1, 0.15) is 12.3 Å². The van der Waals surface area contributed by atoms with Gasteiger partial charge in [-0.15, -0.1) is 0 Å². The molecule has 1 aromatic heterocycles. The Morgan fingerprint density at radius 2 is 2.38 bits per heavy atom. The number of nitrogens with zero attached hydrogens (tertiary/aromatic N) is 2. The van der Waals surface area contributed by atoms with E-state index in [1.807, 2.05) is 14.0 Å². The Balaban J connectivity index is 2.77. The normalized spacial score (nSPS) is 12.2. The van der Waals surface area contributed by atoms with Gasteiger partial charge in [-0.2, -0.15) is 0 Å². The van der Waals surface area contributed by atoms with Crippen molar-refractivity contribution in [3.63, 3.8) is 0 Å². The van der Waals surface area contributed by atoms with E-state index in [4.69, 9.17) is 4.74 Å². The number of pyridine rings is 1. The standard InChI is InChI=1S/C10H15N3O3/c1-7-4-10(16-8(2)5-11-3)12-6-9(7)13(14)15/h4,6,8,11H,5H2,1-3H3. The monoisotopic (exact) mass is 225 g/mol. The van der Waals surface area contributed by atoms with Crippen LogP contribution in [0.5, 0.6) is 5.88 Å². The van der Waals surface area contributed by atoms with E-state index < -0.39 is 4.92 Å². The largest absolute Gasteiger partial charge is 0.473 e. The zero-order chi connectivity index (χ0) is 12.1. The molecule has 1 rings (SSSR count). The number of aryl methyl sites for hydroxylation is 1. The molecule has 0 saturated heterocycles. The predicted octanol–water partition coefficient (Wildman–Crippen LogP) is 1.28. The van der Waals surface area contributed by atoms with Gasteiger partial charge in [0.15, 0.2) is 0 Å². The van der Waals surface area contributed by atoms with Crippen LogP contribution in [0.4, 0.5) is 5.69 Å². The third kappa shape index (κ3) is 3.16. The van der Waals surface area contributed by atoms with Gasteiger partial charge >= 0.3 is 0 Å². The summed E-state index contributed by atoms with van der Waals surface area (Å²) in [4.78, 5) is 14.0. The fourth-order valence-electron chi connectivity index (χ4n) is 1.31. The van der Waals surface area contributed by atoms with E-state index in [0.717, 1.165) is 0 Å². The van der Waals surface area contributed by atoms with E-state index >= 15 is 0 Å². The Hall–Kier alpha value is -1.69. The number of hydrogen-bond acceptors (Lipinski definition) is 5. The molecule has 0 radical (unpaired) electrons. The molecule has 0 amide bonds. The van der Waals surface area contributed by atoms with Crippen molar-refractivity contribution in [2.24, 2.45) is 0 Å². The summed E-state index contributed by atoms with van der Waals surface area (Å²) in [7, 11) is 1.83. The highest BCUT2D eigenvalue weighted by atomic mass is 16.6. The SMILES string of the molecule is CNCC(C)Oc1cc(C)c([N+](=O)[O-])cn1. The Kier molecular flexibility index (Phi) is 4.19. The molecule has 0 aliphatic carbocycles. The fourth-order valence-corrected chi connectivity index (χ4v) is 1.31. The van der Waals surface area contributed by atoms with Crippen molar-refractivity contribution in [3.8, 4) is 5.88 Å². The number of nitrogens with one attached hydrogen (secondary N) is 1. The molecule has 0 fully saturated rings. The molecule has 0 spiro atoms. The van der Waals surface area contributed by atoms with Crippen LogP contribution in [0, 0.1) is 17.0 Å². The van der Waals surface area contributed by atoms with Crippen molar-refractivity contribution < 1.29 is 9.66 Å². The van der Waals surface area contributed by atoms with E-state index in [-0.39, 0.29) is 11.8 Å². The van der Waals surface area contributed by atoms with Gasteiger partial charge in [0.25, 0.3) is 5.69 Å². The minimum Gasteiger partial charge on any atom is -0.473 e. The number of ether oxygens (including phenoxy) is 1. The summed E-state index contributed by atoms with van der Waals surface area (Å²) in [5.74, 6) is 0.408. The first kappa shape index (κ1) is 12.4. The molecule has 6 heteroatoms. The van der Waals surface area contributed by atoms with E-state index in [1.165, 1.54) is 6.20 Å². The highest BCUT2D eigenvalue weighted by Gasteiger charge is 2.13. The van der Waals surface area contributed by atoms with Gasteiger partial charge in [0.2, 0.25) is 5.88 Å². The van der Waals surface area contributed by atoms with Crippen LogP contribution in [0.1, 0.15) is 12.5 Å². The molecule has 0 bridgehead atoms. The molecule has 1 aromatic rings. The van der Waals surface area contributed by atoms with Gasteiger partial charge in [0, 0.05) is 18.2 Å². The van der Waals surface area contributed by atoms with Crippen LogP contribution in [0.25, 0.3) is 0 Å². The van der Waals surface area contributed by atoms with Gasteiger partial charge in [-0.3, -0.25) is 10.1 Å². The van der Waals surface area contributed by atoms with E-state index in [0.29, 0.717) is 18.0 Å². The van der Waals surface area contributed by atoms with Gasteiger partial charge in [-0.1, -0.05) is 0 Å². The van der Waals surface area contributed by atoms with E-state index in [9.17, 15) is 10.1 Å². The molecule has 16 heavy (non-hydrogen) atoms. The summed E-state index contributed by atoms with van der Waals surface area (Å²) >= 11 is 0. The lowest BCUT2D eigenvalue weighted by Crippen LogP contribution is -2.26. The molecule has 0 aliphatic heterocycles. The first-order valence-electron chi connectivity index (χ1n) is 4.97. The van der Waals surface area contributed by atoms with Gasteiger partial charge in [-0.05, 0) is 20.9 Å². The number of rotatable bonds is 5. The average molecular weight is 225 g/mol. The van der Waals surface area contributed by atoms with Crippen molar-refractivity contribution in [2.75, 3.05) is 13.6 Å². The number of likely N-dealkylation sites (N-methyl/N-ethyl adjacent to an activating group) is 1. The maximum Gasteiger partial charge on any atom is 0.290 e. The molecule has 6 nitrogen and oxygen atoms in total. The fraction of sp³-hybridized carbons (Fsp3) is 0.500. The summed E-state index contributed by atoms with van der Waals surface area (Å²) in [6.07, 6.45) is 1.19. The van der Waals surface area contributed by atoms with Crippen LogP contribution in [0.15, 0.2) is 12.3 Å². The highest BCUT2D eigenvalue weighted by Crippen LogP contribution is 2.20. The van der Waals surface area contributed by atoms with Crippen molar-refractivity contribution in [2.45, 2.75) is 20.0 Å². The molecule has 1 heterocycles. The topological polar surface area (TPSA) is 77.3 Å². The molecular formula is C10H15N3O3. The third-order valence-corrected chi connectivity index (χ3v) is 2.07. The number of aromatic nitrogens is 1. The van der Waals surface area contributed by atoms with Crippen LogP contribution in [0.3, 0.4) is 0 Å². The summed E-state index contributed by atoms with van der Waals surface area (Å²) in [6, 6.07) is 1.57. The first-order valence-corrected chi connectivity index (χ1v) is 4.97. The smallest absolute Gasteiger partial charge is 0.290 e. The molecular weight excluding hydrogens is 210 g/mol. The van der Waals surface area contributed by atoms with E-state index in [1.54, 1.807) is 13.0 Å². The molecule has 1 atom stereocenters. The number of nitro groups is 1. The van der Waals surface area contributed by atoms with Crippen molar-refractivity contribution >= 4 is 5.69 Å². The van der Waals surface area contributed by atoms with E-state index in [2.05, 4.69) is 10.3 Å². The molecule has 1 N–H and O–H groups in total. The second-order valence-electron chi connectivity index (χ2n) is 3.55. The van der Waals surface area contributed by atoms with Gasteiger partial charge in [-0.25, -0.2) is 4.98 Å². The van der Waals surface area contributed by atoms with Crippen molar-refractivity contribution in [3.05, 3.63) is 27.9 Å². The summed E-state index contributed by atoms with van der Waals surface area (Å²) in [6.45, 7) is 4.25. The van der Waals surface area contributed by atoms with Crippen molar-refractivity contribution in [1.29, 1.82) is 0 Å². The van der Waals surface area contributed by atoms with Crippen LogP contribution in [-0.4, -0.2) is 29.6 Å². The number of hydrogen-bond donors (Lipinski definition) is 1. The maximum absolute atomic E-state index is 10.6. The zero-order valence-corrected chi connectivity index (χ0v) is 9.56. The minimum atomic E-state index is -0.455. The lowest BCUT2D eigenvalue weighted by atomic mass is 10.2. The van der Waals surface area contributed by atoms with Crippen LogP contribution in [0.2, 0.25) is 0 Å². The Bertz CT molecular complexity index is 382. The third-order valence-electron chi connectivity index (χ3n) is 2.07. The molecule has 1 unspecified atom stereocenters. The Labute approximate surface area is 93.8 Å². The summed E-state index contributed by atoms with van der Waals surface area (Å²) in [5.41, 5.74) is 0.556. The minimum absolute atomic E-state index is 0.00798. The predicted molar refractivity (Wildman–Crippen MR) is 59.6 cm³/mol. The second-order valence-corrected chi connectivity index (χ2v) is 3.55. The Morgan fingerprint density at radius 1 is 1.69 bits per heavy atom. The van der Waals surface area contributed by atoms with Gasteiger partial charge < -0.3 is 10.1 Å². The Morgan fingerprint density at radius 3 is 2.88 bits per heavy atom. The van der Waals surface area contributed by atoms with Gasteiger partial charge in [0.05, 0.1) is 4.92 Å². The van der Waals surface area contributed by atoms with Crippen LogP contribution in [-0.2, 0) is 0 Å². The summed E-state index contributed by atoms with van der Waals surface area (Å²) < 4.78 is 5.47.